The number of aliphatic hydroxyl groups excluding tert-OH is 2. The zero-order chi connectivity index (χ0) is 14.3. The van der Waals surface area contributed by atoms with Gasteiger partial charge in [-0.3, -0.25) is 4.90 Å². The van der Waals surface area contributed by atoms with E-state index in [1.807, 2.05) is 4.90 Å². The van der Waals surface area contributed by atoms with Gasteiger partial charge in [-0.25, -0.2) is 4.39 Å². The van der Waals surface area contributed by atoms with Gasteiger partial charge in [0, 0.05) is 26.7 Å². The molecular weight excluding hydrogens is 249 g/mol. The predicted octanol–water partition coefficient (Wildman–Crippen LogP) is 1.11. The molecule has 0 spiro atoms. The maximum Gasteiger partial charge on any atom is 0.123 e. The minimum atomic E-state index is -0.705. The molecule has 2 N–H and O–H groups in total. The average molecular weight is 271 g/mol. The van der Waals surface area contributed by atoms with Gasteiger partial charge in [0.05, 0.1) is 19.3 Å². The van der Waals surface area contributed by atoms with Crippen LogP contribution in [0.2, 0.25) is 0 Å². The van der Waals surface area contributed by atoms with Gasteiger partial charge in [-0.2, -0.15) is 0 Å². The SMILES string of the molecule is COCCN(CCO)CC(O)c1ccc(F)cc1C. The van der Waals surface area contributed by atoms with E-state index in [1.165, 1.54) is 12.1 Å². The van der Waals surface area contributed by atoms with E-state index in [4.69, 9.17) is 9.84 Å². The van der Waals surface area contributed by atoms with Crippen LogP contribution in [0.15, 0.2) is 18.2 Å². The lowest BCUT2D eigenvalue weighted by Crippen LogP contribution is -2.34. The van der Waals surface area contributed by atoms with Crippen molar-refractivity contribution in [2.45, 2.75) is 13.0 Å². The van der Waals surface area contributed by atoms with E-state index in [9.17, 15) is 9.50 Å². The number of methoxy groups -OCH3 is 1. The van der Waals surface area contributed by atoms with Gasteiger partial charge in [0.2, 0.25) is 0 Å². The predicted molar refractivity (Wildman–Crippen MR) is 71.5 cm³/mol. The molecule has 0 aliphatic heterocycles. The Morgan fingerprint density at radius 3 is 2.68 bits per heavy atom. The fourth-order valence-electron chi connectivity index (χ4n) is 2.01. The van der Waals surface area contributed by atoms with Crippen LogP contribution in [0.25, 0.3) is 0 Å². The van der Waals surface area contributed by atoms with E-state index >= 15 is 0 Å². The molecule has 1 aromatic carbocycles. The number of ether oxygens (including phenoxy) is 1. The van der Waals surface area contributed by atoms with Crippen LogP contribution in [-0.4, -0.2) is 55.1 Å². The quantitative estimate of drug-likeness (QED) is 0.743. The molecule has 0 saturated heterocycles. The first kappa shape index (κ1) is 16.0. The van der Waals surface area contributed by atoms with Crippen molar-refractivity contribution in [1.29, 1.82) is 0 Å². The lowest BCUT2D eigenvalue weighted by Gasteiger charge is -2.24. The van der Waals surface area contributed by atoms with Crippen LogP contribution in [0, 0.1) is 12.7 Å². The number of hydrogen-bond donors (Lipinski definition) is 2. The molecule has 1 unspecified atom stereocenters. The van der Waals surface area contributed by atoms with Gasteiger partial charge in [0.25, 0.3) is 0 Å². The van der Waals surface area contributed by atoms with Crippen molar-refractivity contribution < 1.29 is 19.3 Å². The maximum absolute atomic E-state index is 13.0. The highest BCUT2D eigenvalue weighted by molar-refractivity contribution is 5.28. The first-order valence-electron chi connectivity index (χ1n) is 6.34. The van der Waals surface area contributed by atoms with Gasteiger partial charge in [-0.05, 0) is 30.2 Å². The van der Waals surface area contributed by atoms with Crippen molar-refractivity contribution in [2.24, 2.45) is 0 Å². The molecule has 0 bridgehead atoms. The van der Waals surface area contributed by atoms with Crippen molar-refractivity contribution in [3.63, 3.8) is 0 Å². The van der Waals surface area contributed by atoms with Gasteiger partial charge in [-0.15, -0.1) is 0 Å². The lowest BCUT2D eigenvalue weighted by atomic mass is 10.0. The van der Waals surface area contributed by atoms with Gasteiger partial charge in [0.15, 0.2) is 0 Å². The van der Waals surface area contributed by atoms with E-state index in [1.54, 1.807) is 20.1 Å². The number of hydrogen-bond acceptors (Lipinski definition) is 4. The number of aliphatic hydroxyl groups is 2. The lowest BCUT2D eigenvalue weighted by molar-refractivity contribution is 0.0776. The molecule has 0 aromatic heterocycles. The Morgan fingerprint density at radius 1 is 1.37 bits per heavy atom. The molecule has 4 nitrogen and oxygen atoms in total. The van der Waals surface area contributed by atoms with Crippen LogP contribution >= 0.6 is 0 Å². The molecule has 0 heterocycles. The summed E-state index contributed by atoms with van der Waals surface area (Å²) in [5.74, 6) is -0.306. The Labute approximate surface area is 113 Å². The molecule has 108 valence electrons. The number of halogens is 1. The monoisotopic (exact) mass is 271 g/mol. The van der Waals surface area contributed by atoms with Crippen LogP contribution in [0.3, 0.4) is 0 Å². The van der Waals surface area contributed by atoms with Crippen molar-refractivity contribution in [2.75, 3.05) is 40.0 Å². The molecule has 0 aliphatic carbocycles. The first-order valence-corrected chi connectivity index (χ1v) is 6.34. The van der Waals surface area contributed by atoms with Gasteiger partial charge in [0.1, 0.15) is 5.82 Å². The Kier molecular flexibility index (Phi) is 6.94. The highest BCUT2D eigenvalue weighted by atomic mass is 19.1. The molecule has 1 atom stereocenters. The summed E-state index contributed by atoms with van der Waals surface area (Å²) in [5, 5.41) is 19.2. The number of rotatable bonds is 8. The standard InChI is InChI=1S/C14H22FNO3/c1-11-9-12(15)3-4-13(11)14(18)10-16(5-7-17)6-8-19-2/h3-4,9,14,17-18H,5-8,10H2,1-2H3. The second-order valence-corrected chi connectivity index (χ2v) is 4.53. The molecule has 0 radical (unpaired) electrons. The number of benzene rings is 1. The van der Waals surface area contributed by atoms with Gasteiger partial charge in [-0.1, -0.05) is 6.07 Å². The third-order valence-electron chi connectivity index (χ3n) is 3.05. The zero-order valence-corrected chi connectivity index (χ0v) is 11.5. The summed E-state index contributed by atoms with van der Waals surface area (Å²) >= 11 is 0. The summed E-state index contributed by atoms with van der Waals surface area (Å²) in [6.45, 7) is 3.83. The molecule has 19 heavy (non-hydrogen) atoms. The number of nitrogens with zero attached hydrogens (tertiary/aromatic N) is 1. The highest BCUT2D eigenvalue weighted by Gasteiger charge is 2.15. The smallest absolute Gasteiger partial charge is 0.123 e. The molecule has 0 saturated carbocycles. The average Bonchev–Trinajstić information content (AvgIpc) is 2.36. The first-order chi connectivity index (χ1) is 9.08. The summed E-state index contributed by atoms with van der Waals surface area (Å²) in [6, 6.07) is 4.35. The Hall–Kier alpha value is -1.01. The molecule has 1 rings (SSSR count). The van der Waals surface area contributed by atoms with Crippen LogP contribution < -0.4 is 0 Å². The number of aryl methyl sites for hydroxylation is 1. The van der Waals surface area contributed by atoms with Crippen molar-refractivity contribution in [1.82, 2.24) is 4.90 Å². The second kappa shape index (κ2) is 8.22. The summed E-state index contributed by atoms with van der Waals surface area (Å²) < 4.78 is 18.0. The summed E-state index contributed by atoms with van der Waals surface area (Å²) in [7, 11) is 1.61. The van der Waals surface area contributed by atoms with Crippen molar-refractivity contribution >= 4 is 0 Å². The van der Waals surface area contributed by atoms with Crippen LogP contribution in [0.1, 0.15) is 17.2 Å². The normalized spacial score (nSPS) is 12.9. The van der Waals surface area contributed by atoms with Crippen molar-refractivity contribution in [3.05, 3.63) is 35.1 Å². The molecule has 1 aromatic rings. The summed E-state index contributed by atoms with van der Waals surface area (Å²) in [4.78, 5) is 1.91. The van der Waals surface area contributed by atoms with E-state index in [2.05, 4.69) is 0 Å². The minimum absolute atomic E-state index is 0.0266. The third-order valence-corrected chi connectivity index (χ3v) is 3.05. The maximum atomic E-state index is 13.0. The fourth-order valence-corrected chi connectivity index (χ4v) is 2.01. The minimum Gasteiger partial charge on any atom is -0.395 e. The summed E-state index contributed by atoms with van der Waals surface area (Å²) in [5.41, 5.74) is 1.44. The topological polar surface area (TPSA) is 52.9 Å². The van der Waals surface area contributed by atoms with Gasteiger partial charge < -0.3 is 14.9 Å². The third kappa shape index (κ3) is 5.24. The van der Waals surface area contributed by atoms with E-state index < -0.39 is 6.10 Å². The zero-order valence-electron chi connectivity index (χ0n) is 11.5. The molecule has 0 amide bonds. The van der Waals surface area contributed by atoms with E-state index in [-0.39, 0.29) is 12.4 Å². The van der Waals surface area contributed by atoms with Crippen LogP contribution in [0.4, 0.5) is 4.39 Å². The van der Waals surface area contributed by atoms with Crippen molar-refractivity contribution in [3.8, 4) is 0 Å². The van der Waals surface area contributed by atoms with E-state index in [0.29, 0.717) is 31.8 Å². The molecular formula is C14H22FNO3. The summed E-state index contributed by atoms with van der Waals surface area (Å²) in [6.07, 6.45) is -0.705. The van der Waals surface area contributed by atoms with Crippen LogP contribution in [0.5, 0.6) is 0 Å². The molecule has 0 fully saturated rings. The fraction of sp³-hybridized carbons (Fsp3) is 0.571. The van der Waals surface area contributed by atoms with Crippen LogP contribution in [-0.2, 0) is 4.74 Å². The van der Waals surface area contributed by atoms with E-state index in [0.717, 1.165) is 5.56 Å². The Morgan fingerprint density at radius 2 is 2.11 bits per heavy atom. The Bertz CT molecular complexity index is 387. The highest BCUT2D eigenvalue weighted by Crippen LogP contribution is 2.19. The second-order valence-electron chi connectivity index (χ2n) is 4.53. The van der Waals surface area contributed by atoms with Gasteiger partial charge >= 0.3 is 0 Å². The Balaban J connectivity index is 2.66. The molecule has 5 heteroatoms. The largest absolute Gasteiger partial charge is 0.395 e. The molecule has 0 aliphatic rings.